The second-order valence-electron chi connectivity index (χ2n) is 3.18. The quantitative estimate of drug-likeness (QED) is 0.770. The van der Waals surface area contributed by atoms with E-state index in [4.69, 9.17) is 5.73 Å². The summed E-state index contributed by atoms with van der Waals surface area (Å²) < 4.78 is 0. The third-order valence-electron chi connectivity index (χ3n) is 1.47. The topological polar surface area (TPSA) is 42.1 Å². The van der Waals surface area contributed by atoms with E-state index in [1.807, 2.05) is 27.2 Å². The molecule has 0 amide bonds. The minimum atomic E-state index is 0.110. The largest absolute Gasteiger partial charge is 0.323 e. The van der Waals surface area contributed by atoms with Crippen molar-refractivity contribution < 1.29 is 0 Å². The van der Waals surface area contributed by atoms with Gasteiger partial charge in [-0.15, -0.1) is 11.3 Å². The van der Waals surface area contributed by atoms with Gasteiger partial charge in [0, 0.05) is 23.7 Å². The molecular formula is C8H15N3S. The molecule has 0 saturated heterocycles. The van der Waals surface area contributed by atoms with Crippen LogP contribution in [-0.4, -0.2) is 24.0 Å². The van der Waals surface area contributed by atoms with Gasteiger partial charge in [-0.1, -0.05) is 0 Å². The fourth-order valence-corrected chi connectivity index (χ4v) is 1.87. The number of rotatable bonds is 3. The Balaban J connectivity index is 2.64. The summed E-state index contributed by atoms with van der Waals surface area (Å²) in [5, 5.41) is 1.13. The maximum absolute atomic E-state index is 5.71. The van der Waals surface area contributed by atoms with E-state index in [1.165, 1.54) is 0 Å². The number of thiazole rings is 1. The molecule has 0 radical (unpaired) electrons. The summed E-state index contributed by atoms with van der Waals surface area (Å²) in [6.45, 7) is 2.88. The van der Waals surface area contributed by atoms with Gasteiger partial charge in [0.2, 0.25) is 0 Å². The van der Waals surface area contributed by atoms with Crippen molar-refractivity contribution in [3.8, 4) is 0 Å². The zero-order chi connectivity index (χ0) is 9.14. The minimum absolute atomic E-state index is 0.110. The van der Waals surface area contributed by atoms with Gasteiger partial charge in [-0.05, 0) is 21.0 Å². The van der Waals surface area contributed by atoms with Crippen molar-refractivity contribution in [2.24, 2.45) is 5.73 Å². The number of nitrogens with zero attached hydrogens (tertiary/aromatic N) is 2. The Bertz CT molecular complexity index is 242. The van der Waals surface area contributed by atoms with Gasteiger partial charge in [-0.2, -0.15) is 0 Å². The van der Waals surface area contributed by atoms with Crippen molar-refractivity contribution in [3.05, 3.63) is 16.1 Å². The highest BCUT2D eigenvalue weighted by Gasteiger charge is 2.05. The smallest absolute Gasteiger partial charge is 0.107 e. The van der Waals surface area contributed by atoms with E-state index >= 15 is 0 Å². The molecule has 1 rings (SSSR count). The Hall–Kier alpha value is -0.450. The molecule has 2 N–H and O–H groups in total. The molecule has 0 aliphatic heterocycles. The lowest BCUT2D eigenvalue weighted by Gasteiger charge is -2.05. The molecule has 0 saturated carbocycles. The summed E-state index contributed by atoms with van der Waals surface area (Å²) >= 11 is 1.69. The van der Waals surface area contributed by atoms with Gasteiger partial charge in [0.15, 0.2) is 0 Å². The minimum Gasteiger partial charge on any atom is -0.323 e. The molecule has 3 nitrogen and oxygen atoms in total. The highest BCUT2D eigenvalue weighted by atomic mass is 32.1. The lowest BCUT2D eigenvalue weighted by Crippen LogP contribution is -2.10. The monoisotopic (exact) mass is 185 g/mol. The van der Waals surface area contributed by atoms with Crippen LogP contribution in [0.3, 0.4) is 0 Å². The van der Waals surface area contributed by atoms with Crippen LogP contribution >= 0.6 is 11.3 Å². The van der Waals surface area contributed by atoms with E-state index in [2.05, 4.69) is 9.88 Å². The third-order valence-corrected chi connectivity index (χ3v) is 2.65. The van der Waals surface area contributed by atoms with Gasteiger partial charge in [0.1, 0.15) is 5.01 Å². The Kier molecular flexibility index (Phi) is 3.20. The SMILES string of the molecule is CC(N)c1cnc(CN(C)C)s1. The van der Waals surface area contributed by atoms with Gasteiger partial charge in [-0.25, -0.2) is 4.98 Å². The van der Waals surface area contributed by atoms with Crippen LogP contribution in [0.1, 0.15) is 22.9 Å². The van der Waals surface area contributed by atoms with Crippen LogP contribution in [-0.2, 0) is 6.54 Å². The fraction of sp³-hybridized carbons (Fsp3) is 0.625. The molecule has 12 heavy (non-hydrogen) atoms. The number of aromatic nitrogens is 1. The summed E-state index contributed by atoms with van der Waals surface area (Å²) in [6, 6.07) is 0.110. The van der Waals surface area contributed by atoms with Crippen LogP contribution in [0.4, 0.5) is 0 Å². The molecule has 1 aromatic rings. The average Bonchev–Trinajstić information content (AvgIpc) is 2.34. The molecule has 0 spiro atoms. The van der Waals surface area contributed by atoms with Crippen molar-refractivity contribution in [2.75, 3.05) is 14.1 Å². The Morgan fingerprint density at radius 2 is 2.33 bits per heavy atom. The second-order valence-corrected chi connectivity index (χ2v) is 4.33. The van der Waals surface area contributed by atoms with Gasteiger partial charge < -0.3 is 10.6 Å². The van der Waals surface area contributed by atoms with E-state index in [0.29, 0.717) is 0 Å². The van der Waals surface area contributed by atoms with Gasteiger partial charge >= 0.3 is 0 Å². The average molecular weight is 185 g/mol. The Labute approximate surface area is 77.2 Å². The van der Waals surface area contributed by atoms with Crippen LogP contribution < -0.4 is 5.73 Å². The number of hydrogen-bond acceptors (Lipinski definition) is 4. The maximum Gasteiger partial charge on any atom is 0.107 e. The van der Waals surface area contributed by atoms with Crippen LogP contribution in [0.25, 0.3) is 0 Å². The first-order valence-corrected chi connectivity index (χ1v) is 4.76. The van der Waals surface area contributed by atoms with Crippen molar-refractivity contribution in [1.29, 1.82) is 0 Å². The molecule has 0 fully saturated rings. The van der Waals surface area contributed by atoms with Crippen LogP contribution in [0.5, 0.6) is 0 Å². The molecule has 0 aliphatic carbocycles. The normalized spacial score (nSPS) is 13.8. The van der Waals surface area contributed by atoms with Gasteiger partial charge in [0.25, 0.3) is 0 Å². The Morgan fingerprint density at radius 1 is 1.67 bits per heavy atom. The molecule has 0 bridgehead atoms. The van der Waals surface area contributed by atoms with E-state index in [9.17, 15) is 0 Å². The zero-order valence-corrected chi connectivity index (χ0v) is 8.56. The van der Waals surface area contributed by atoms with Gasteiger partial charge in [0.05, 0.1) is 0 Å². The molecular weight excluding hydrogens is 170 g/mol. The molecule has 1 unspecified atom stereocenters. The van der Waals surface area contributed by atoms with E-state index in [-0.39, 0.29) is 6.04 Å². The summed E-state index contributed by atoms with van der Waals surface area (Å²) in [4.78, 5) is 7.53. The first-order valence-electron chi connectivity index (χ1n) is 3.94. The highest BCUT2D eigenvalue weighted by Crippen LogP contribution is 2.19. The van der Waals surface area contributed by atoms with Crippen LogP contribution in [0.15, 0.2) is 6.20 Å². The number of hydrogen-bond donors (Lipinski definition) is 1. The molecule has 0 aliphatic rings. The molecule has 4 heteroatoms. The third kappa shape index (κ3) is 2.55. The second kappa shape index (κ2) is 3.98. The van der Waals surface area contributed by atoms with Gasteiger partial charge in [-0.3, -0.25) is 0 Å². The molecule has 1 heterocycles. The predicted molar refractivity (Wildman–Crippen MR) is 52.1 cm³/mol. The first kappa shape index (κ1) is 9.64. The lowest BCUT2D eigenvalue weighted by atomic mass is 10.3. The molecule has 1 aromatic heterocycles. The molecule has 68 valence electrons. The fourth-order valence-electron chi connectivity index (χ4n) is 0.878. The standard InChI is InChI=1S/C8H15N3S/c1-6(9)7-4-10-8(12-7)5-11(2)3/h4,6H,5,9H2,1-3H3. The van der Waals surface area contributed by atoms with Crippen molar-refractivity contribution >= 4 is 11.3 Å². The van der Waals surface area contributed by atoms with Crippen molar-refractivity contribution in [3.63, 3.8) is 0 Å². The summed E-state index contributed by atoms with van der Waals surface area (Å²) in [5.74, 6) is 0. The maximum atomic E-state index is 5.71. The van der Waals surface area contributed by atoms with Crippen LogP contribution in [0.2, 0.25) is 0 Å². The van der Waals surface area contributed by atoms with Crippen molar-refractivity contribution in [1.82, 2.24) is 9.88 Å². The van der Waals surface area contributed by atoms with Crippen molar-refractivity contribution in [2.45, 2.75) is 19.5 Å². The first-order chi connectivity index (χ1) is 5.59. The lowest BCUT2D eigenvalue weighted by molar-refractivity contribution is 0.401. The van der Waals surface area contributed by atoms with E-state index < -0.39 is 0 Å². The summed E-state index contributed by atoms with van der Waals surface area (Å²) in [7, 11) is 4.07. The highest BCUT2D eigenvalue weighted by molar-refractivity contribution is 7.11. The summed E-state index contributed by atoms with van der Waals surface area (Å²) in [5.41, 5.74) is 5.71. The molecule has 1 atom stereocenters. The number of nitrogens with two attached hydrogens (primary N) is 1. The summed E-state index contributed by atoms with van der Waals surface area (Å²) in [6.07, 6.45) is 1.87. The zero-order valence-electron chi connectivity index (χ0n) is 7.74. The van der Waals surface area contributed by atoms with E-state index in [1.54, 1.807) is 11.3 Å². The van der Waals surface area contributed by atoms with Crippen LogP contribution in [0, 0.1) is 0 Å². The Morgan fingerprint density at radius 3 is 2.75 bits per heavy atom. The molecule has 0 aromatic carbocycles. The van der Waals surface area contributed by atoms with E-state index in [0.717, 1.165) is 16.4 Å². The predicted octanol–water partition coefficient (Wildman–Crippen LogP) is 1.22.